The number of hydrogen-bond acceptors (Lipinski definition) is 5. The number of benzene rings is 1. The van der Waals surface area contributed by atoms with Gasteiger partial charge in [0.15, 0.2) is 0 Å². The van der Waals surface area contributed by atoms with Gasteiger partial charge in [-0.15, -0.1) is 0 Å². The summed E-state index contributed by atoms with van der Waals surface area (Å²) in [5, 5.41) is 14.0. The zero-order valence-corrected chi connectivity index (χ0v) is 16.1. The molecule has 1 aromatic heterocycles. The lowest BCUT2D eigenvalue weighted by Crippen LogP contribution is -2.42. The van der Waals surface area contributed by atoms with E-state index in [0.29, 0.717) is 29.4 Å². The van der Waals surface area contributed by atoms with Gasteiger partial charge in [0, 0.05) is 19.5 Å². The SMILES string of the molecule is NC(=O)c1cc(CCC(=O)N2CCC(C3CCNCC3)CC2)cc2n[nH]nc12. The zero-order chi connectivity index (χ0) is 19.5. The topological polar surface area (TPSA) is 117 Å². The molecule has 0 unspecified atom stereocenters. The Kier molecular flexibility index (Phi) is 5.57. The van der Waals surface area contributed by atoms with E-state index in [9.17, 15) is 9.59 Å². The largest absolute Gasteiger partial charge is 0.366 e. The van der Waals surface area contributed by atoms with Crippen LogP contribution < -0.4 is 11.1 Å². The van der Waals surface area contributed by atoms with E-state index in [1.807, 2.05) is 11.0 Å². The van der Waals surface area contributed by atoms with Gasteiger partial charge in [-0.25, -0.2) is 0 Å². The Morgan fingerprint density at radius 1 is 1.07 bits per heavy atom. The van der Waals surface area contributed by atoms with Crippen LogP contribution in [0.15, 0.2) is 12.1 Å². The van der Waals surface area contributed by atoms with Crippen molar-refractivity contribution in [1.82, 2.24) is 25.6 Å². The van der Waals surface area contributed by atoms with Crippen LogP contribution in [0.3, 0.4) is 0 Å². The molecule has 2 amide bonds. The predicted octanol–water partition coefficient (Wildman–Crippen LogP) is 1.23. The standard InChI is InChI=1S/C20H28N6O2/c21-20(28)16-11-13(12-17-19(16)24-25-23-17)1-2-18(27)26-9-5-15(6-10-26)14-3-7-22-8-4-14/h11-12,14-15,22H,1-10H2,(H2,21,28)(H,23,24,25). The summed E-state index contributed by atoms with van der Waals surface area (Å²) in [6, 6.07) is 3.59. The summed E-state index contributed by atoms with van der Waals surface area (Å²) >= 11 is 0. The van der Waals surface area contributed by atoms with Crippen molar-refractivity contribution < 1.29 is 9.59 Å². The highest BCUT2D eigenvalue weighted by atomic mass is 16.2. The van der Waals surface area contributed by atoms with Crippen LogP contribution in [0, 0.1) is 11.8 Å². The van der Waals surface area contributed by atoms with E-state index in [4.69, 9.17) is 5.73 Å². The first-order valence-corrected chi connectivity index (χ1v) is 10.2. The van der Waals surface area contributed by atoms with Gasteiger partial charge in [0.25, 0.3) is 5.91 Å². The maximum Gasteiger partial charge on any atom is 0.251 e. The third-order valence-electron chi connectivity index (χ3n) is 6.32. The molecule has 28 heavy (non-hydrogen) atoms. The number of carbonyl (C=O) groups is 2. The fraction of sp³-hybridized carbons (Fsp3) is 0.600. The molecular formula is C20H28N6O2. The summed E-state index contributed by atoms with van der Waals surface area (Å²) in [6.45, 7) is 3.99. The number of carbonyl (C=O) groups excluding carboxylic acids is 2. The quantitative estimate of drug-likeness (QED) is 0.717. The van der Waals surface area contributed by atoms with Crippen molar-refractivity contribution in [2.45, 2.75) is 38.5 Å². The zero-order valence-electron chi connectivity index (χ0n) is 16.1. The second kappa shape index (κ2) is 8.26. The molecule has 150 valence electrons. The van der Waals surface area contributed by atoms with E-state index >= 15 is 0 Å². The van der Waals surface area contributed by atoms with E-state index in [-0.39, 0.29) is 5.91 Å². The number of H-pyrrole nitrogens is 1. The smallest absolute Gasteiger partial charge is 0.251 e. The number of amides is 2. The number of fused-ring (bicyclic) bond motifs is 1. The molecule has 8 nitrogen and oxygen atoms in total. The van der Waals surface area contributed by atoms with Crippen LogP contribution in [0.4, 0.5) is 0 Å². The van der Waals surface area contributed by atoms with Crippen LogP contribution in [0.1, 0.15) is 48.0 Å². The van der Waals surface area contributed by atoms with Crippen molar-refractivity contribution in [2.75, 3.05) is 26.2 Å². The number of likely N-dealkylation sites (tertiary alicyclic amines) is 1. The monoisotopic (exact) mass is 384 g/mol. The highest BCUT2D eigenvalue weighted by molar-refractivity contribution is 6.04. The number of nitrogens with one attached hydrogen (secondary N) is 2. The second-order valence-corrected chi connectivity index (χ2v) is 8.00. The van der Waals surface area contributed by atoms with E-state index in [2.05, 4.69) is 20.7 Å². The fourth-order valence-corrected chi connectivity index (χ4v) is 4.69. The van der Waals surface area contributed by atoms with E-state index in [0.717, 1.165) is 56.4 Å². The Morgan fingerprint density at radius 2 is 1.79 bits per heavy atom. The number of rotatable bonds is 5. The summed E-state index contributed by atoms with van der Waals surface area (Å²) in [5.74, 6) is 1.23. The minimum atomic E-state index is -0.535. The van der Waals surface area contributed by atoms with Gasteiger partial charge in [-0.05, 0) is 74.7 Å². The Hall–Kier alpha value is -2.48. The van der Waals surface area contributed by atoms with Crippen LogP contribution >= 0.6 is 0 Å². The summed E-state index contributed by atoms with van der Waals surface area (Å²) < 4.78 is 0. The Balaban J connectivity index is 1.32. The number of hydrogen-bond donors (Lipinski definition) is 3. The molecule has 2 aromatic rings. The van der Waals surface area contributed by atoms with Gasteiger partial charge in [-0.1, -0.05) is 0 Å². The maximum atomic E-state index is 12.7. The van der Waals surface area contributed by atoms with Gasteiger partial charge in [0.2, 0.25) is 5.91 Å². The van der Waals surface area contributed by atoms with Crippen LogP contribution in [-0.4, -0.2) is 58.3 Å². The van der Waals surface area contributed by atoms with Gasteiger partial charge in [-0.2, -0.15) is 15.4 Å². The third-order valence-corrected chi connectivity index (χ3v) is 6.32. The van der Waals surface area contributed by atoms with Crippen LogP contribution in [0.2, 0.25) is 0 Å². The van der Waals surface area contributed by atoms with Crippen molar-refractivity contribution in [1.29, 1.82) is 0 Å². The van der Waals surface area contributed by atoms with Crippen molar-refractivity contribution in [3.63, 3.8) is 0 Å². The number of nitrogens with two attached hydrogens (primary N) is 1. The number of piperidine rings is 2. The first-order chi connectivity index (χ1) is 13.6. The molecule has 0 aliphatic carbocycles. The molecule has 0 radical (unpaired) electrons. The molecule has 0 atom stereocenters. The van der Waals surface area contributed by atoms with Gasteiger partial charge in [0.1, 0.15) is 11.0 Å². The summed E-state index contributed by atoms with van der Waals surface area (Å²) in [4.78, 5) is 26.4. The highest BCUT2D eigenvalue weighted by Gasteiger charge is 2.29. The van der Waals surface area contributed by atoms with Gasteiger partial charge in [-0.3, -0.25) is 9.59 Å². The van der Waals surface area contributed by atoms with Crippen LogP contribution in [0.5, 0.6) is 0 Å². The van der Waals surface area contributed by atoms with Crippen molar-refractivity contribution >= 4 is 22.8 Å². The van der Waals surface area contributed by atoms with E-state index in [1.54, 1.807) is 6.07 Å². The Bertz CT molecular complexity index is 849. The van der Waals surface area contributed by atoms with Crippen LogP contribution in [0.25, 0.3) is 11.0 Å². The molecule has 2 saturated heterocycles. The molecule has 2 aliphatic rings. The van der Waals surface area contributed by atoms with Crippen molar-refractivity contribution in [2.24, 2.45) is 17.6 Å². The lowest BCUT2D eigenvalue weighted by molar-refractivity contribution is -0.132. The number of aryl methyl sites for hydroxylation is 1. The minimum Gasteiger partial charge on any atom is -0.366 e. The first kappa shape index (κ1) is 18.9. The van der Waals surface area contributed by atoms with Gasteiger partial charge < -0.3 is 16.0 Å². The average molecular weight is 384 g/mol. The molecule has 4 rings (SSSR count). The molecule has 0 spiro atoms. The van der Waals surface area contributed by atoms with Gasteiger partial charge in [0.05, 0.1) is 5.56 Å². The predicted molar refractivity (Wildman–Crippen MR) is 106 cm³/mol. The molecule has 2 fully saturated rings. The van der Waals surface area contributed by atoms with Crippen molar-refractivity contribution in [3.05, 3.63) is 23.3 Å². The first-order valence-electron chi connectivity index (χ1n) is 10.2. The molecule has 2 aliphatic heterocycles. The van der Waals surface area contributed by atoms with E-state index in [1.165, 1.54) is 12.8 Å². The second-order valence-electron chi connectivity index (χ2n) is 8.00. The number of aromatic nitrogens is 3. The summed E-state index contributed by atoms with van der Waals surface area (Å²) in [6.07, 6.45) is 5.77. The fourth-order valence-electron chi connectivity index (χ4n) is 4.69. The molecule has 0 saturated carbocycles. The normalized spacial score (nSPS) is 19.2. The summed E-state index contributed by atoms with van der Waals surface area (Å²) in [5.41, 5.74) is 7.76. The highest BCUT2D eigenvalue weighted by Crippen LogP contribution is 2.31. The lowest BCUT2D eigenvalue weighted by Gasteiger charge is -2.37. The molecule has 1 aromatic carbocycles. The van der Waals surface area contributed by atoms with Crippen molar-refractivity contribution in [3.8, 4) is 0 Å². The Morgan fingerprint density at radius 3 is 2.50 bits per heavy atom. The van der Waals surface area contributed by atoms with Crippen LogP contribution in [-0.2, 0) is 11.2 Å². The number of nitrogens with zero attached hydrogens (tertiary/aromatic N) is 3. The average Bonchev–Trinajstić information content (AvgIpc) is 3.20. The Labute approximate surface area is 164 Å². The molecule has 8 heteroatoms. The van der Waals surface area contributed by atoms with E-state index < -0.39 is 5.91 Å². The molecular weight excluding hydrogens is 356 g/mol. The maximum absolute atomic E-state index is 12.7. The number of primary amides is 1. The lowest BCUT2D eigenvalue weighted by atomic mass is 9.79. The molecule has 3 heterocycles. The third kappa shape index (κ3) is 4.01. The number of aromatic amines is 1. The minimum absolute atomic E-state index is 0.185. The molecule has 0 bridgehead atoms. The summed E-state index contributed by atoms with van der Waals surface area (Å²) in [7, 11) is 0. The molecule has 4 N–H and O–H groups in total. The van der Waals surface area contributed by atoms with Gasteiger partial charge >= 0.3 is 0 Å².